The van der Waals surface area contributed by atoms with E-state index in [0.29, 0.717) is 58.1 Å². The number of aliphatic carboxylic acids is 1. The zero-order chi connectivity index (χ0) is 66.1. The molecule has 12 rings (SSSR count). The highest BCUT2D eigenvalue weighted by Crippen LogP contribution is 2.49. The number of rotatable bonds is 7. The number of anilines is 2. The molecule has 15 nitrogen and oxygen atoms in total. The molecule has 2 aromatic heterocycles. The number of carboxylic acid groups (broad SMARTS) is 1. The van der Waals surface area contributed by atoms with Crippen molar-refractivity contribution in [2.45, 2.75) is 69.1 Å². The third kappa shape index (κ3) is 14.6. The van der Waals surface area contributed by atoms with Crippen LogP contribution in [0.15, 0.2) is 167 Å². The van der Waals surface area contributed by atoms with Gasteiger partial charge in [-0.3, -0.25) is 38.5 Å². The number of aromatic nitrogens is 4. The molecule has 2 aliphatic heterocycles. The number of nitrogens with zero attached hydrogens (tertiary/aromatic N) is 3. The first-order chi connectivity index (χ1) is 42.8. The first-order valence-corrected chi connectivity index (χ1v) is 27.4. The number of H-pyrrole nitrogens is 2. The van der Waals surface area contributed by atoms with Crippen LogP contribution < -0.4 is 21.8 Å². The highest BCUT2D eigenvalue weighted by molar-refractivity contribution is 6.22. The number of nitrogens with two attached hydrogens (primary N) is 1. The molecule has 5 N–H and O–H groups in total. The van der Waals surface area contributed by atoms with E-state index >= 15 is 0 Å². The summed E-state index contributed by atoms with van der Waals surface area (Å²) in [4.78, 5) is 84.5. The molecule has 0 radical (unpaired) electrons. The number of allylic oxidation sites excluding steroid dienone is 4. The Labute approximate surface area is 505 Å². The molecule has 0 spiro atoms. The lowest BCUT2D eigenvalue weighted by molar-refractivity contribution is -0.154. The first-order valence-electron chi connectivity index (χ1n) is 27.4. The highest BCUT2D eigenvalue weighted by atomic mass is 19.4. The Bertz CT molecular complexity index is 4280. The molecule has 0 bridgehead atoms. The number of amides is 2. The number of imide groups is 1. The van der Waals surface area contributed by atoms with Crippen molar-refractivity contribution in [3.63, 3.8) is 0 Å². The first kappa shape index (κ1) is 65.2. The summed E-state index contributed by atoms with van der Waals surface area (Å²) in [6, 6.07) is 31.0. The molecule has 2 saturated heterocycles. The minimum atomic E-state index is -5.05. The lowest BCUT2D eigenvalue weighted by Gasteiger charge is -2.27. The zero-order valence-corrected chi connectivity index (χ0v) is 47.0. The second kappa shape index (κ2) is 25.7. The Morgan fingerprint density at radius 3 is 1.37 bits per heavy atom. The number of aromatic amines is 2. The average Bonchev–Trinajstić information content (AvgIpc) is 1.65. The molecule has 91 heavy (non-hydrogen) atoms. The Morgan fingerprint density at radius 2 is 0.934 bits per heavy atom. The van der Waals surface area contributed by atoms with Crippen molar-refractivity contribution in [2.24, 2.45) is 23.7 Å². The van der Waals surface area contributed by atoms with Crippen molar-refractivity contribution in [1.29, 1.82) is 0 Å². The molecular weight excluding hydrogens is 1220 g/mol. The second-order valence-corrected chi connectivity index (χ2v) is 21.5. The molecule has 2 aliphatic carbocycles. The smallest absolute Gasteiger partial charge is 0.416 e. The molecule has 472 valence electrons. The Hall–Kier alpha value is -10.2. The van der Waals surface area contributed by atoms with Crippen LogP contribution in [0.25, 0.3) is 21.5 Å². The summed E-state index contributed by atoms with van der Waals surface area (Å²) < 4.78 is 164. The van der Waals surface area contributed by atoms with Crippen molar-refractivity contribution < 1.29 is 86.5 Å². The van der Waals surface area contributed by atoms with Crippen LogP contribution in [0.3, 0.4) is 0 Å². The van der Waals surface area contributed by atoms with Crippen LogP contribution in [0.1, 0.15) is 87.5 Å². The lowest BCUT2D eigenvalue weighted by atomic mass is 9.74. The standard InChI is InChI=1S/C31H21F6N3O3.C16H10F6O3.C15H13N3O.C2H4O2/c32-30(33,34)18-13-17(14-19(15-18)31(35,36)37)21-9-4-10-24-26(21)29(43)40(28(24)42)20-6-3-5-16(11-20)12-25-22-7-1-2-8-23(22)27(41)39-38-25;17-15(18,19)8-4-7(5-9(6-8)16(20,21)22)10-2-1-3-11-12(10)14(24)25-13(11)23;16-11-5-3-4-10(8-11)9-14-12-6-1-2-7-13(12)15(19)18-17-14;1-2(3)4/h1-9,11,13-15,21,24,26H,10,12H2,(H,39,41);1-2,4-6,10-12H,3H2;1-8H,9,16H2,(H,18,19);1H3,(H,3,4). The normalized spacial score (nSPS) is 19.5. The fourth-order valence-corrected chi connectivity index (χ4v) is 11.3. The minimum absolute atomic E-state index is 0.0195. The number of carbonyl (C=O) groups is 5. The number of esters is 2. The molecule has 2 amide bonds. The van der Waals surface area contributed by atoms with Crippen LogP contribution in [-0.4, -0.2) is 55.2 Å². The van der Waals surface area contributed by atoms with Crippen LogP contribution >= 0.6 is 0 Å². The summed E-state index contributed by atoms with van der Waals surface area (Å²) >= 11 is 0. The Kier molecular flexibility index (Phi) is 18.4. The maximum absolute atomic E-state index is 13.8. The Balaban J connectivity index is 0.000000172. The molecule has 6 aromatic carbocycles. The van der Waals surface area contributed by atoms with Crippen LogP contribution in [0, 0.1) is 23.7 Å². The van der Waals surface area contributed by atoms with Gasteiger partial charge in [0.25, 0.3) is 17.1 Å². The maximum atomic E-state index is 13.8. The summed E-state index contributed by atoms with van der Waals surface area (Å²) in [6.45, 7) is 1.08. The number of fused-ring (bicyclic) bond motifs is 4. The van der Waals surface area contributed by atoms with Crippen LogP contribution in [0.5, 0.6) is 0 Å². The van der Waals surface area contributed by atoms with Crippen molar-refractivity contribution in [3.8, 4) is 0 Å². The van der Waals surface area contributed by atoms with Gasteiger partial charge in [0.05, 0.1) is 73.8 Å². The summed E-state index contributed by atoms with van der Waals surface area (Å²) in [5.41, 5.74) is 2.74. The molecular formula is C64H48F12N6O9. The monoisotopic (exact) mass is 1270 g/mol. The van der Waals surface area contributed by atoms with Gasteiger partial charge in [-0.2, -0.15) is 62.9 Å². The predicted molar refractivity (Wildman–Crippen MR) is 304 cm³/mol. The fraction of sp³-hybridized carbons (Fsp3) is 0.234. The van der Waals surface area contributed by atoms with Crippen LogP contribution in [-0.2, 0) is 66.3 Å². The molecule has 6 unspecified atom stereocenters. The van der Waals surface area contributed by atoms with Gasteiger partial charge in [-0.1, -0.05) is 85.0 Å². The third-order valence-electron chi connectivity index (χ3n) is 15.3. The van der Waals surface area contributed by atoms with Gasteiger partial charge in [-0.05, 0) is 108 Å². The van der Waals surface area contributed by atoms with Gasteiger partial charge >= 0.3 is 36.6 Å². The van der Waals surface area contributed by atoms with E-state index in [1.165, 1.54) is 30.4 Å². The fourth-order valence-electron chi connectivity index (χ4n) is 11.3. The number of benzene rings is 6. The summed E-state index contributed by atoms with van der Waals surface area (Å²) in [5.74, 6) is -10.3. The van der Waals surface area contributed by atoms with E-state index in [2.05, 4.69) is 25.1 Å². The van der Waals surface area contributed by atoms with Crippen molar-refractivity contribution in [2.75, 3.05) is 10.6 Å². The SMILES string of the molecule is CC(=O)O.Nc1cccc(Cc2n[nH]c(=O)c3ccccc23)c1.O=C1C2CC=CC(c3cc(C(F)(F)F)cc(C(F)(F)F)c3)C2C(=O)N1c1cccc(Cc2n[nH]c(=O)c3ccccc23)c1.O=C1OC(=O)C2C1CC=CC2c1cc(C(F)(F)F)cc(C(F)(F)F)c1. The van der Waals surface area contributed by atoms with Gasteiger partial charge in [-0.15, -0.1) is 0 Å². The summed E-state index contributed by atoms with van der Waals surface area (Å²) in [5, 5.41) is 23.3. The topological polar surface area (TPSA) is 236 Å². The summed E-state index contributed by atoms with van der Waals surface area (Å²) in [7, 11) is 0. The molecule has 6 atom stereocenters. The predicted octanol–water partition coefficient (Wildman–Crippen LogP) is 12.7. The van der Waals surface area contributed by atoms with Gasteiger partial charge < -0.3 is 15.6 Å². The number of nitrogen functional groups attached to an aromatic ring is 1. The van der Waals surface area contributed by atoms with E-state index in [4.69, 9.17) is 15.6 Å². The number of carboxylic acids is 1. The van der Waals surface area contributed by atoms with Crippen molar-refractivity contribution in [1.82, 2.24) is 20.4 Å². The number of halogens is 12. The van der Waals surface area contributed by atoms with Crippen molar-refractivity contribution >= 4 is 62.6 Å². The number of carbonyl (C=O) groups excluding carboxylic acids is 4. The van der Waals surface area contributed by atoms with Crippen molar-refractivity contribution in [3.05, 3.63) is 234 Å². The van der Waals surface area contributed by atoms with E-state index in [1.807, 2.05) is 42.5 Å². The second-order valence-electron chi connectivity index (χ2n) is 21.5. The number of ether oxygens (including phenoxy) is 1. The van der Waals surface area contributed by atoms with Gasteiger partial charge in [0.1, 0.15) is 0 Å². The molecule has 27 heteroatoms. The highest BCUT2D eigenvalue weighted by Gasteiger charge is 2.53. The molecule has 2 fully saturated rings. The maximum Gasteiger partial charge on any atom is 0.416 e. The number of cyclic esters (lactones) is 2. The van der Waals surface area contributed by atoms with Crippen LogP contribution in [0.2, 0.25) is 0 Å². The zero-order valence-electron chi connectivity index (χ0n) is 47.0. The number of hydrogen-bond acceptors (Lipinski definition) is 11. The number of alkyl halides is 12. The van der Waals surface area contributed by atoms with Gasteiger partial charge in [0.15, 0.2) is 0 Å². The molecule has 0 saturated carbocycles. The van der Waals surface area contributed by atoms with E-state index in [-0.39, 0.29) is 59.3 Å². The van der Waals surface area contributed by atoms with Gasteiger partial charge in [-0.25, -0.2) is 10.2 Å². The number of nitrogens with one attached hydrogen (secondary N) is 2. The van der Waals surface area contributed by atoms with E-state index in [0.717, 1.165) is 34.2 Å². The van der Waals surface area contributed by atoms with Gasteiger partial charge in [0, 0.05) is 48.1 Å². The van der Waals surface area contributed by atoms with E-state index in [9.17, 15) is 81.5 Å². The third-order valence-corrected chi connectivity index (χ3v) is 15.3. The molecule has 4 aliphatic rings. The minimum Gasteiger partial charge on any atom is -0.481 e. The average molecular weight is 1270 g/mol. The molecule has 8 aromatic rings. The largest absolute Gasteiger partial charge is 0.481 e. The van der Waals surface area contributed by atoms with Crippen LogP contribution in [0.4, 0.5) is 64.1 Å². The lowest BCUT2D eigenvalue weighted by Crippen LogP contribution is -2.31. The quantitative estimate of drug-likeness (QED) is 0.0291. The van der Waals surface area contributed by atoms with E-state index < -0.39 is 112 Å². The summed E-state index contributed by atoms with van der Waals surface area (Å²) in [6.07, 6.45) is -13.2. The number of hydrogen-bond donors (Lipinski definition) is 4. The molecule has 4 heterocycles. The van der Waals surface area contributed by atoms with E-state index in [1.54, 1.807) is 48.5 Å². The van der Waals surface area contributed by atoms with Gasteiger partial charge in [0.2, 0.25) is 11.8 Å². The Morgan fingerprint density at radius 1 is 0.527 bits per heavy atom.